The Morgan fingerprint density at radius 2 is 1.97 bits per heavy atom. The minimum atomic E-state index is -5.08. The lowest BCUT2D eigenvalue weighted by atomic mass is 9.74. The van der Waals surface area contributed by atoms with E-state index in [1.807, 2.05) is 30.0 Å². The first kappa shape index (κ1) is 22.1. The summed E-state index contributed by atoms with van der Waals surface area (Å²) in [7, 11) is 1.92. The lowest BCUT2D eigenvalue weighted by Gasteiger charge is -2.29. The highest BCUT2D eigenvalue weighted by atomic mass is 19.4. The molecule has 0 radical (unpaired) electrons. The molecular formula is C17H20F3N5O4. The molecule has 0 fully saturated rings. The minimum absolute atomic E-state index is 0.415. The fraction of sp³-hybridized carbons (Fsp3) is 0.471. The monoisotopic (exact) mass is 415 g/mol. The molecule has 1 unspecified atom stereocenters. The number of halogens is 3. The molecule has 0 aliphatic heterocycles. The van der Waals surface area contributed by atoms with E-state index in [0.717, 1.165) is 17.8 Å². The zero-order chi connectivity index (χ0) is 21.7. The first-order valence-electron chi connectivity index (χ1n) is 8.56. The Morgan fingerprint density at radius 3 is 2.45 bits per heavy atom. The Bertz CT molecular complexity index is 890. The molecule has 12 heteroatoms. The number of hydrogen-bond donors (Lipinski definition) is 2. The molecule has 3 rings (SSSR count). The van der Waals surface area contributed by atoms with Gasteiger partial charge in [0.05, 0.1) is 35.9 Å². The predicted molar refractivity (Wildman–Crippen MR) is 92.8 cm³/mol. The normalized spacial score (nSPS) is 18.8. The van der Waals surface area contributed by atoms with Crippen molar-refractivity contribution < 1.29 is 33.0 Å². The number of hydrogen-bond acceptors (Lipinski definition) is 5. The third-order valence-electron chi connectivity index (χ3n) is 4.51. The van der Waals surface area contributed by atoms with Crippen LogP contribution in [0.4, 0.5) is 13.2 Å². The van der Waals surface area contributed by atoms with Gasteiger partial charge in [-0.15, -0.1) is 5.10 Å². The lowest BCUT2D eigenvalue weighted by Crippen LogP contribution is -2.34. The molecule has 1 aliphatic rings. The summed E-state index contributed by atoms with van der Waals surface area (Å²) in [6.45, 7) is 0.573. The molecule has 9 nitrogen and oxygen atoms in total. The molecule has 0 saturated carbocycles. The number of carboxylic acid groups (broad SMARTS) is 2. The molecule has 0 saturated heterocycles. The smallest absolute Gasteiger partial charge is 0.481 e. The van der Waals surface area contributed by atoms with E-state index in [1.165, 1.54) is 0 Å². The predicted octanol–water partition coefficient (Wildman–Crippen LogP) is 2.05. The Kier molecular flexibility index (Phi) is 6.77. The number of nitrogens with zero attached hydrogens (tertiary/aromatic N) is 5. The van der Waals surface area contributed by atoms with Crippen LogP contribution in [0.3, 0.4) is 0 Å². The highest BCUT2D eigenvalue weighted by molar-refractivity contribution is 5.75. The summed E-state index contributed by atoms with van der Waals surface area (Å²) in [5.41, 5.74) is 0.993. The van der Waals surface area contributed by atoms with Crippen molar-refractivity contribution in [1.82, 2.24) is 24.5 Å². The fourth-order valence-corrected chi connectivity index (χ4v) is 2.87. The van der Waals surface area contributed by atoms with Gasteiger partial charge in [-0.2, -0.15) is 13.2 Å². The van der Waals surface area contributed by atoms with Crippen LogP contribution < -0.4 is 0 Å². The zero-order valence-electron chi connectivity index (χ0n) is 15.5. The van der Waals surface area contributed by atoms with E-state index in [0.29, 0.717) is 25.8 Å². The molecule has 2 N–H and O–H groups in total. The number of alkyl halides is 3. The number of allylic oxidation sites excluding steroid dienone is 2. The summed E-state index contributed by atoms with van der Waals surface area (Å²) in [5.74, 6) is -3.51. The van der Waals surface area contributed by atoms with Crippen LogP contribution >= 0.6 is 0 Å². The van der Waals surface area contributed by atoms with Crippen molar-refractivity contribution in [2.24, 2.45) is 12.5 Å². The minimum Gasteiger partial charge on any atom is -0.481 e. The number of carboxylic acids is 2. The summed E-state index contributed by atoms with van der Waals surface area (Å²) in [6, 6.07) is 0. The van der Waals surface area contributed by atoms with E-state index in [1.54, 1.807) is 17.2 Å². The molecule has 2 aromatic rings. The van der Waals surface area contributed by atoms with Gasteiger partial charge in [-0.05, 0) is 19.3 Å². The van der Waals surface area contributed by atoms with E-state index in [2.05, 4.69) is 15.3 Å². The molecular weight excluding hydrogens is 395 g/mol. The average Bonchev–Trinajstić information content (AvgIpc) is 3.25. The largest absolute Gasteiger partial charge is 0.490 e. The SMILES string of the molecule is Cn1cncc1Cn1cc(CC2(C(=O)O)CC=CCC2)nn1.O=C(O)C(F)(F)F. The molecule has 2 aromatic heterocycles. The zero-order valence-corrected chi connectivity index (χ0v) is 15.5. The van der Waals surface area contributed by atoms with E-state index >= 15 is 0 Å². The van der Waals surface area contributed by atoms with Crippen LogP contribution in [0.5, 0.6) is 0 Å². The van der Waals surface area contributed by atoms with Gasteiger partial charge in [0.25, 0.3) is 0 Å². The molecule has 29 heavy (non-hydrogen) atoms. The number of rotatable bonds is 5. The maximum atomic E-state index is 11.7. The Hall–Kier alpha value is -3.18. The lowest BCUT2D eigenvalue weighted by molar-refractivity contribution is -0.192. The topological polar surface area (TPSA) is 123 Å². The second-order valence-electron chi connectivity index (χ2n) is 6.68. The maximum Gasteiger partial charge on any atom is 0.490 e. The molecule has 1 aliphatic carbocycles. The van der Waals surface area contributed by atoms with Crippen LogP contribution in [0.15, 0.2) is 30.9 Å². The Balaban J connectivity index is 0.000000370. The van der Waals surface area contributed by atoms with Crippen molar-refractivity contribution in [3.8, 4) is 0 Å². The summed E-state index contributed by atoms with van der Waals surface area (Å²) in [6.07, 6.45) is 6.68. The van der Waals surface area contributed by atoms with Gasteiger partial charge in [0.2, 0.25) is 0 Å². The van der Waals surface area contributed by atoms with Crippen LogP contribution in [0.2, 0.25) is 0 Å². The van der Waals surface area contributed by atoms with Gasteiger partial charge in [-0.25, -0.2) is 14.5 Å². The third kappa shape index (κ3) is 5.90. The van der Waals surface area contributed by atoms with Crippen LogP contribution in [0.1, 0.15) is 30.7 Å². The standard InChI is InChI=1S/C15H19N5O2.C2HF3O2/c1-19-11-16-8-13(19)10-20-9-12(17-18-20)7-15(14(21)22)5-3-2-4-6-15;3-2(4,5)1(6)7/h2-3,8-9,11H,4-7,10H2,1H3,(H,21,22);(H,6,7). The number of aryl methyl sites for hydroxylation is 1. The van der Waals surface area contributed by atoms with Crippen LogP contribution in [-0.4, -0.2) is 52.9 Å². The van der Waals surface area contributed by atoms with Gasteiger partial charge >= 0.3 is 18.1 Å². The van der Waals surface area contributed by atoms with Gasteiger partial charge in [-0.3, -0.25) is 4.79 Å². The van der Waals surface area contributed by atoms with Gasteiger partial charge in [0.15, 0.2) is 0 Å². The van der Waals surface area contributed by atoms with E-state index in [4.69, 9.17) is 9.90 Å². The Labute approximate surface area is 163 Å². The third-order valence-corrected chi connectivity index (χ3v) is 4.51. The number of aromatic nitrogens is 5. The average molecular weight is 415 g/mol. The van der Waals surface area contributed by atoms with E-state index in [-0.39, 0.29) is 0 Å². The molecule has 0 spiro atoms. The van der Waals surface area contributed by atoms with Crippen LogP contribution in [0, 0.1) is 5.41 Å². The van der Waals surface area contributed by atoms with Crippen LogP contribution in [0.25, 0.3) is 0 Å². The van der Waals surface area contributed by atoms with Crippen molar-refractivity contribution in [3.05, 3.63) is 42.3 Å². The van der Waals surface area contributed by atoms with Gasteiger partial charge in [0.1, 0.15) is 0 Å². The number of carbonyl (C=O) groups is 2. The summed E-state index contributed by atoms with van der Waals surface area (Å²) in [4.78, 5) is 24.7. The highest BCUT2D eigenvalue weighted by Crippen LogP contribution is 2.36. The highest BCUT2D eigenvalue weighted by Gasteiger charge is 2.39. The van der Waals surface area contributed by atoms with Crippen molar-refractivity contribution in [2.75, 3.05) is 0 Å². The molecule has 0 aromatic carbocycles. The van der Waals surface area contributed by atoms with Crippen molar-refractivity contribution >= 4 is 11.9 Å². The fourth-order valence-electron chi connectivity index (χ4n) is 2.87. The first-order chi connectivity index (χ1) is 13.5. The summed E-state index contributed by atoms with van der Waals surface area (Å²) < 4.78 is 35.4. The first-order valence-corrected chi connectivity index (χ1v) is 8.56. The molecule has 2 heterocycles. The molecule has 0 amide bonds. The quantitative estimate of drug-likeness (QED) is 0.717. The molecule has 1 atom stereocenters. The van der Waals surface area contributed by atoms with Gasteiger partial charge in [0, 0.05) is 19.7 Å². The number of aliphatic carboxylic acids is 2. The molecule has 158 valence electrons. The van der Waals surface area contributed by atoms with Gasteiger partial charge in [-0.1, -0.05) is 17.4 Å². The second-order valence-corrected chi connectivity index (χ2v) is 6.68. The van der Waals surface area contributed by atoms with E-state index < -0.39 is 23.5 Å². The summed E-state index contributed by atoms with van der Waals surface area (Å²) in [5, 5.41) is 25.0. The van der Waals surface area contributed by atoms with Crippen LogP contribution in [-0.2, 0) is 29.6 Å². The Morgan fingerprint density at radius 1 is 1.28 bits per heavy atom. The van der Waals surface area contributed by atoms with Crippen molar-refractivity contribution in [1.29, 1.82) is 0 Å². The maximum absolute atomic E-state index is 11.7. The second kappa shape index (κ2) is 8.88. The van der Waals surface area contributed by atoms with Gasteiger partial charge < -0.3 is 14.8 Å². The van der Waals surface area contributed by atoms with Crippen molar-refractivity contribution in [3.63, 3.8) is 0 Å². The van der Waals surface area contributed by atoms with Crippen molar-refractivity contribution in [2.45, 2.75) is 38.4 Å². The number of imidazole rings is 1. The molecule has 0 bridgehead atoms. The van der Waals surface area contributed by atoms with E-state index in [9.17, 15) is 23.1 Å². The summed E-state index contributed by atoms with van der Waals surface area (Å²) >= 11 is 0.